The first-order valence-electron chi connectivity index (χ1n) is 6.75. The van der Waals surface area contributed by atoms with E-state index in [4.69, 9.17) is 4.74 Å². The topological polar surface area (TPSA) is 71.2 Å². The summed E-state index contributed by atoms with van der Waals surface area (Å²) in [4.78, 5) is 26.9. The van der Waals surface area contributed by atoms with Crippen LogP contribution in [0.5, 0.6) is 5.75 Å². The molecule has 1 heterocycles. The largest absolute Gasteiger partial charge is 0.497 e. The zero-order valence-electron chi connectivity index (χ0n) is 11.9. The molecule has 0 saturated carbocycles. The second kappa shape index (κ2) is 5.73. The molecule has 3 aromatic rings. The lowest BCUT2D eigenvalue weighted by molar-refractivity contribution is 0.102. The summed E-state index contributed by atoms with van der Waals surface area (Å²) in [7, 11) is 1.56. The molecule has 0 saturated heterocycles. The Bertz CT molecular complexity index is 900. The molecule has 0 fully saturated rings. The number of benzene rings is 2. The highest BCUT2D eigenvalue weighted by atomic mass is 16.5. The van der Waals surface area contributed by atoms with Crippen LogP contribution in [0.1, 0.15) is 10.5 Å². The van der Waals surface area contributed by atoms with Crippen molar-refractivity contribution in [1.29, 1.82) is 0 Å². The molecule has 0 unspecified atom stereocenters. The number of hydrogen-bond acceptors (Lipinski definition) is 3. The van der Waals surface area contributed by atoms with Gasteiger partial charge < -0.3 is 15.0 Å². The Labute approximate surface area is 126 Å². The zero-order valence-corrected chi connectivity index (χ0v) is 11.9. The number of methoxy groups -OCH3 is 1. The van der Waals surface area contributed by atoms with Crippen LogP contribution in [0.4, 0.5) is 5.69 Å². The lowest BCUT2D eigenvalue weighted by atomic mass is 10.1. The van der Waals surface area contributed by atoms with Crippen molar-refractivity contribution in [3.63, 3.8) is 0 Å². The second-order valence-electron chi connectivity index (χ2n) is 4.79. The maximum atomic E-state index is 12.3. The molecule has 0 bridgehead atoms. The van der Waals surface area contributed by atoms with E-state index >= 15 is 0 Å². The molecule has 22 heavy (non-hydrogen) atoms. The van der Waals surface area contributed by atoms with Gasteiger partial charge >= 0.3 is 0 Å². The zero-order chi connectivity index (χ0) is 15.5. The summed E-state index contributed by atoms with van der Waals surface area (Å²) in [6, 6.07) is 15.8. The third kappa shape index (κ3) is 2.69. The van der Waals surface area contributed by atoms with E-state index in [1.807, 2.05) is 6.07 Å². The highest BCUT2D eigenvalue weighted by molar-refractivity contribution is 6.04. The minimum absolute atomic E-state index is 0.214. The molecular weight excluding hydrogens is 280 g/mol. The Hall–Kier alpha value is -3.08. The summed E-state index contributed by atoms with van der Waals surface area (Å²) < 4.78 is 5.11. The number of anilines is 1. The van der Waals surface area contributed by atoms with Crippen molar-refractivity contribution in [2.24, 2.45) is 0 Å². The number of aromatic nitrogens is 1. The third-order valence-electron chi connectivity index (χ3n) is 3.33. The summed E-state index contributed by atoms with van der Waals surface area (Å²) in [5.74, 6) is 0.265. The Morgan fingerprint density at radius 3 is 2.73 bits per heavy atom. The average molecular weight is 294 g/mol. The average Bonchev–Trinajstić information content (AvgIpc) is 2.55. The number of aromatic amines is 1. The van der Waals surface area contributed by atoms with E-state index in [9.17, 15) is 9.59 Å². The number of nitrogens with one attached hydrogen (secondary N) is 2. The number of amides is 1. The minimum Gasteiger partial charge on any atom is -0.497 e. The molecule has 0 aliphatic rings. The van der Waals surface area contributed by atoms with E-state index < -0.39 is 0 Å². The van der Waals surface area contributed by atoms with Crippen LogP contribution < -0.4 is 15.6 Å². The van der Waals surface area contributed by atoms with Gasteiger partial charge in [0, 0.05) is 17.1 Å². The van der Waals surface area contributed by atoms with Gasteiger partial charge in [-0.15, -0.1) is 0 Å². The summed E-state index contributed by atoms with van der Waals surface area (Å²) in [6.45, 7) is 0. The number of ether oxygens (including phenoxy) is 1. The predicted molar refractivity (Wildman–Crippen MR) is 85.5 cm³/mol. The fourth-order valence-electron chi connectivity index (χ4n) is 2.23. The van der Waals surface area contributed by atoms with Crippen molar-refractivity contribution in [2.45, 2.75) is 0 Å². The van der Waals surface area contributed by atoms with Gasteiger partial charge in [-0.25, -0.2) is 0 Å². The molecule has 2 N–H and O–H groups in total. The van der Waals surface area contributed by atoms with E-state index in [1.54, 1.807) is 55.6 Å². The summed E-state index contributed by atoms with van der Waals surface area (Å²) in [5, 5.41) is 4.02. The van der Waals surface area contributed by atoms with Gasteiger partial charge in [0.25, 0.3) is 11.5 Å². The van der Waals surface area contributed by atoms with Gasteiger partial charge in [-0.2, -0.15) is 0 Å². The predicted octanol–water partition coefficient (Wildman–Crippen LogP) is 2.79. The molecule has 3 rings (SSSR count). The Kier molecular flexibility index (Phi) is 3.62. The number of rotatable bonds is 3. The Morgan fingerprint density at radius 1 is 1.09 bits per heavy atom. The SMILES string of the molecule is COc1cccc(NC(=O)c2cc3ccccc3c(=O)[nH]2)c1. The minimum atomic E-state index is -0.379. The Morgan fingerprint density at radius 2 is 1.91 bits per heavy atom. The van der Waals surface area contributed by atoms with Crippen LogP contribution in [0.2, 0.25) is 0 Å². The molecule has 0 radical (unpaired) electrons. The van der Waals surface area contributed by atoms with E-state index in [1.165, 1.54) is 0 Å². The lowest BCUT2D eigenvalue weighted by Crippen LogP contribution is -2.18. The van der Waals surface area contributed by atoms with Crippen LogP contribution in [0.25, 0.3) is 10.8 Å². The van der Waals surface area contributed by atoms with Crippen LogP contribution in [-0.2, 0) is 0 Å². The molecule has 0 aliphatic heterocycles. The van der Waals surface area contributed by atoms with Crippen LogP contribution in [-0.4, -0.2) is 18.0 Å². The first kappa shape index (κ1) is 13.9. The van der Waals surface area contributed by atoms with Gasteiger partial charge in [-0.05, 0) is 29.7 Å². The van der Waals surface area contributed by atoms with E-state index in [0.717, 1.165) is 5.39 Å². The summed E-state index contributed by atoms with van der Waals surface area (Å²) in [6.07, 6.45) is 0. The van der Waals surface area contributed by atoms with Crippen molar-refractivity contribution in [3.8, 4) is 5.75 Å². The number of carbonyl (C=O) groups excluding carboxylic acids is 1. The smallest absolute Gasteiger partial charge is 0.272 e. The molecule has 5 nitrogen and oxygen atoms in total. The monoisotopic (exact) mass is 294 g/mol. The third-order valence-corrected chi connectivity index (χ3v) is 3.33. The van der Waals surface area contributed by atoms with Gasteiger partial charge in [0.15, 0.2) is 0 Å². The van der Waals surface area contributed by atoms with Crippen molar-refractivity contribution in [1.82, 2.24) is 4.98 Å². The normalized spacial score (nSPS) is 10.4. The van der Waals surface area contributed by atoms with Crippen LogP contribution in [0.15, 0.2) is 59.4 Å². The van der Waals surface area contributed by atoms with Crippen molar-refractivity contribution >= 4 is 22.4 Å². The van der Waals surface area contributed by atoms with Gasteiger partial charge in [0.1, 0.15) is 11.4 Å². The van der Waals surface area contributed by atoms with Gasteiger partial charge in [-0.3, -0.25) is 9.59 Å². The number of fused-ring (bicyclic) bond motifs is 1. The van der Waals surface area contributed by atoms with Crippen LogP contribution in [0.3, 0.4) is 0 Å². The fraction of sp³-hybridized carbons (Fsp3) is 0.0588. The van der Waals surface area contributed by atoms with Crippen molar-refractivity contribution in [3.05, 3.63) is 70.6 Å². The van der Waals surface area contributed by atoms with Crippen LogP contribution in [0, 0.1) is 0 Å². The summed E-state index contributed by atoms with van der Waals surface area (Å²) >= 11 is 0. The molecule has 0 atom stereocenters. The maximum absolute atomic E-state index is 12.3. The van der Waals surface area contributed by atoms with Gasteiger partial charge in [0.05, 0.1) is 7.11 Å². The number of carbonyl (C=O) groups is 1. The summed E-state index contributed by atoms with van der Waals surface area (Å²) in [5.41, 5.74) is 0.527. The van der Waals surface area contributed by atoms with Gasteiger partial charge in [-0.1, -0.05) is 24.3 Å². The molecule has 5 heteroatoms. The molecule has 0 spiro atoms. The number of hydrogen-bond donors (Lipinski definition) is 2. The van der Waals surface area contributed by atoms with E-state index in [0.29, 0.717) is 16.8 Å². The highest BCUT2D eigenvalue weighted by Crippen LogP contribution is 2.17. The molecule has 1 aromatic heterocycles. The molecular formula is C17H14N2O3. The first-order chi connectivity index (χ1) is 10.7. The molecule has 1 amide bonds. The van der Waals surface area contributed by atoms with E-state index in [-0.39, 0.29) is 17.2 Å². The van der Waals surface area contributed by atoms with E-state index in [2.05, 4.69) is 10.3 Å². The number of H-pyrrole nitrogens is 1. The Balaban J connectivity index is 1.93. The molecule has 2 aromatic carbocycles. The number of pyridine rings is 1. The molecule has 110 valence electrons. The highest BCUT2D eigenvalue weighted by Gasteiger charge is 2.10. The lowest BCUT2D eigenvalue weighted by Gasteiger charge is -2.07. The second-order valence-corrected chi connectivity index (χ2v) is 4.79. The first-order valence-corrected chi connectivity index (χ1v) is 6.75. The molecule has 0 aliphatic carbocycles. The fourth-order valence-corrected chi connectivity index (χ4v) is 2.23. The van der Waals surface area contributed by atoms with Crippen molar-refractivity contribution in [2.75, 3.05) is 12.4 Å². The maximum Gasteiger partial charge on any atom is 0.272 e. The quantitative estimate of drug-likeness (QED) is 0.780. The van der Waals surface area contributed by atoms with Gasteiger partial charge in [0.2, 0.25) is 0 Å². The van der Waals surface area contributed by atoms with Crippen LogP contribution >= 0.6 is 0 Å². The van der Waals surface area contributed by atoms with Crippen molar-refractivity contribution < 1.29 is 9.53 Å². The standard InChI is InChI=1S/C17H14N2O3/c1-22-13-7-4-6-12(10-13)18-17(21)15-9-11-5-2-3-8-14(11)16(20)19-15/h2-10H,1H3,(H,18,21)(H,19,20).